The third-order valence-corrected chi connectivity index (χ3v) is 31.2. The zero-order valence-electron chi connectivity index (χ0n) is 73.4. The van der Waals surface area contributed by atoms with Gasteiger partial charge in [-0.2, -0.15) is 0 Å². The molecule has 0 unspecified atom stereocenters. The third kappa shape index (κ3) is 14.0. The second kappa shape index (κ2) is 34.0. The fourth-order valence-electron chi connectivity index (χ4n) is 20.0. The summed E-state index contributed by atoms with van der Waals surface area (Å²) in [6, 6.07) is 142. The van der Waals surface area contributed by atoms with Crippen molar-refractivity contribution in [1.82, 2.24) is 59.4 Å². The molecule has 0 spiro atoms. The number of pyridine rings is 8. The van der Waals surface area contributed by atoms with Crippen LogP contribution in [0.5, 0.6) is 0 Å². The van der Waals surface area contributed by atoms with Gasteiger partial charge in [-0.3, -0.25) is 24.9 Å². The van der Waals surface area contributed by atoms with Gasteiger partial charge in [-0.15, -0.1) is 0 Å². The highest BCUT2D eigenvalue weighted by Gasteiger charge is 2.28. The first-order chi connectivity index (χ1) is 67.8. The van der Waals surface area contributed by atoms with Gasteiger partial charge in [0.05, 0.1) is 73.3 Å². The Bertz CT molecular complexity index is 9530. The maximum absolute atomic E-state index is 7.62. The number of aromatic nitrogens is 12. The summed E-state index contributed by atoms with van der Waals surface area (Å²) in [5.74, 6) is 1.90. The Balaban J connectivity index is 0.000000109. The molecule has 27 rings (SSSR count). The average Bonchev–Trinajstić information content (AvgIpc) is 1.54. The lowest BCUT2D eigenvalue weighted by Gasteiger charge is -2.24. The maximum Gasteiger partial charge on any atom is 0.189 e. The topological polar surface area (TPSA) is 151 Å². The quantitative estimate of drug-likeness (QED) is 0.0688. The van der Waals surface area contributed by atoms with E-state index in [1.807, 2.05) is 183 Å². The van der Waals surface area contributed by atoms with Gasteiger partial charge >= 0.3 is 0 Å². The largest absolute Gasteiger partial charge is 0.311 e. The summed E-state index contributed by atoms with van der Waals surface area (Å²) in [6.45, 7) is 7.62. The molecule has 0 atom stereocenters. The van der Waals surface area contributed by atoms with Gasteiger partial charge in [-0.1, -0.05) is 352 Å². The standard InChI is InChI=1S/C44H25N5.C41H25N5.C37H24N3PS/c1-45-30-20-21-32-36-25-29(19-22-38(36)49(39(32)26-30)31-9-3-2-4-10-31)27-15-17-28(18-16-27)42-41-35-13-8-24-47-44(35)43-34(12-7-23-46-43)40(41)33-11-5-6-14-37(33)48-42;1-3-12-27(13-4-1)39-44-40(28-14-5-2-6-15-28)46-41(45-39)29-23-21-26(22-24-29)37-36-33-19-11-25-42-38(33)31-17-8-7-16-30(31)35(36)32-18-9-10-20-34(32)43-37;42-41(26-11-3-1-4-12-26,27-13-5-2-6-14-27)28-21-19-25(20-22-28)35-34-31-17-10-24-39-37(31)36-30(16-9-23-38-36)33(34)29-15-7-8-18-32(29)40-35/h2-26H;1-25H;1-24H. The molecule has 10 aromatic heterocycles. The van der Waals surface area contributed by atoms with Crippen molar-refractivity contribution in [3.05, 3.63) is 461 Å². The minimum atomic E-state index is -2.25. The van der Waals surface area contributed by atoms with Gasteiger partial charge in [0, 0.05) is 173 Å². The van der Waals surface area contributed by atoms with Crippen molar-refractivity contribution in [1.29, 1.82) is 0 Å². The van der Waals surface area contributed by atoms with Crippen molar-refractivity contribution in [2.45, 2.75) is 0 Å². The highest BCUT2D eigenvalue weighted by atomic mass is 32.4. The number of benzene rings is 17. The lowest BCUT2D eigenvalue weighted by molar-refractivity contribution is 1.07. The predicted molar refractivity (Wildman–Crippen MR) is 570 cm³/mol. The first kappa shape index (κ1) is 81.0. The van der Waals surface area contributed by atoms with Gasteiger partial charge < -0.3 is 4.57 Å². The van der Waals surface area contributed by atoms with Crippen LogP contribution in [0.4, 0.5) is 5.69 Å². The summed E-state index contributed by atoms with van der Waals surface area (Å²) >= 11 is 6.60. The Hall–Kier alpha value is -18.0. The Labute approximate surface area is 791 Å². The van der Waals surface area contributed by atoms with Crippen molar-refractivity contribution in [3.63, 3.8) is 0 Å². The molecule has 15 heteroatoms. The van der Waals surface area contributed by atoms with Crippen molar-refractivity contribution in [2.24, 2.45) is 0 Å². The van der Waals surface area contributed by atoms with Crippen LogP contribution in [0.3, 0.4) is 0 Å². The van der Waals surface area contributed by atoms with Crippen LogP contribution in [0.2, 0.25) is 0 Å². The van der Waals surface area contributed by atoms with E-state index >= 15 is 0 Å². The Kier molecular flexibility index (Phi) is 20.1. The fourth-order valence-corrected chi connectivity index (χ4v) is 23.7. The van der Waals surface area contributed by atoms with Crippen LogP contribution in [-0.4, -0.2) is 59.4 Å². The summed E-state index contributed by atoms with van der Waals surface area (Å²) in [5.41, 5.74) is 22.2. The SMILES string of the molecule is S=P(c1ccccc1)(c1ccccc1)c1ccc(-c2nc3ccccc3c3c4cccnc4c4ncccc4c23)cc1.[C-]#[N+]c1ccc2c3cc(-c4ccc(-c5nc6ccccc6c6c7cccnc7c7ncccc7c56)cc4)ccc3n(-c3ccccc3)c2c1.c1ccc(-c2nc(-c3ccccc3)nc(-c3ccc(-c4nc5ccccc5c5c6ccccc6c6ncccc6c45)cc3)n2)cc1. The molecule has 0 aliphatic heterocycles. The third-order valence-electron chi connectivity index (χ3n) is 26.2. The normalized spacial score (nSPS) is 11.7. The van der Waals surface area contributed by atoms with Crippen LogP contribution >= 0.6 is 6.04 Å². The molecule has 0 N–H and O–H groups in total. The zero-order valence-corrected chi connectivity index (χ0v) is 75.1. The van der Waals surface area contributed by atoms with E-state index in [0.29, 0.717) is 23.2 Å². The summed E-state index contributed by atoms with van der Waals surface area (Å²) in [7, 11) is 0. The highest BCUT2D eigenvalue weighted by Crippen LogP contribution is 2.49. The number of hydrogen-bond acceptors (Lipinski definition) is 12. The number of nitrogens with zero attached hydrogens (tertiary/aromatic N) is 13. The van der Waals surface area contributed by atoms with E-state index in [9.17, 15) is 0 Å². The average molecular weight is 1790 g/mol. The molecule has 17 aromatic carbocycles. The van der Waals surface area contributed by atoms with Crippen LogP contribution in [0, 0.1) is 6.57 Å². The predicted octanol–water partition coefficient (Wildman–Crippen LogP) is 29.3. The molecule has 13 nitrogen and oxygen atoms in total. The van der Waals surface area contributed by atoms with Crippen LogP contribution in [0.1, 0.15) is 0 Å². The Morgan fingerprint density at radius 1 is 0.219 bits per heavy atom. The summed E-state index contributed by atoms with van der Waals surface area (Å²) in [6.07, 6.45) is 9.22. The van der Waals surface area contributed by atoms with Crippen molar-refractivity contribution < 1.29 is 0 Å². The molecule has 638 valence electrons. The van der Waals surface area contributed by atoms with Crippen LogP contribution in [0.25, 0.3) is 242 Å². The Morgan fingerprint density at radius 2 is 0.540 bits per heavy atom. The van der Waals surface area contributed by atoms with Gasteiger partial charge in [0.25, 0.3) is 0 Å². The summed E-state index contributed by atoms with van der Waals surface area (Å²) in [4.78, 5) is 58.2. The van der Waals surface area contributed by atoms with E-state index < -0.39 is 6.04 Å². The Morgan fingerprint density at radius 3 is 0.978 bits per heavy atom. The molecule has 0 bridgehead atoms. The monoisotopic (exact) mass is 1780 g/mol. The molecular formula is C122H74N13PS. The van der Waals surface area contributed by atoms with E-state index in [1.165, 1.54) is 21.4 Å². The van der Waals surface area contributed by atoms with E-state index in [2.05, 4.69) is 276 Å². The van der Waals surface area contributed by atoms with Crippen molar-refractivity contribution in [2.75, 3.05) is 0 Å². The minimum Gasteiger partial charge on any atom is -0.311 e. The molecule has 0 saturated heterocycles. The lowest BCUT2D eigenvalue weighted by Crippen LogP contribution is -2.24. The van der Waals surface area contributed by atoms with E-state index in [0.717, 1.165) is 214 Å². The second-order valence-corrected chi connectivity index (χ2v) is 38.4. The van der Waals surface area contributed by atoms with Crippen LogP contribution in [-0.2, 0) is 11.8 Å². The molecule has 0 fully saturated rings. The van der Waals surface area contributed by atoms with Gasteiger partial charge in [0.2, 0.25) is 0 Å². The molecular weight excluding hydrogens is 1710 g/mol. The smallest absolute Gasteiger partial charge is 0.189 e. The minimum absolute atomic E-state index is 0.622. The number of fused-ring (bicyclic) bond motifs is 27. The molecule has 0 amide bonds. The molecule has 10 heterocycles. The van der Waals surface area contributed by atoms with E-state index in [1.54, 1.807) is 0 Å². The first-order valence-electron chi connectivity index (χ1n) is 45.4. The number of para-hydroxylation sites is 4. The van der Waals surface area contributed by atoms with E-state index in [-0.39, 0.29) is 0 Å². The van der Waals surface area contributed by atoms with Crippen molar-refractivity contribution >= 4 is 192 Å². The highest BCUT2D eigenvalue weighted by molar-refractivity contribution is 8.25. The molecule has 27 aromatic rings. The van der Waals surface area contributed by atoms with E-state index in [4.69, 9.17) is 73.2 Å². The van der Waals surface area contributed by atoms with Crippen LogP contribution < -0.4 is 15.9 Å². The second-order valence-electron chi connectivity index (χ2n) is 34.0. The van der Waals surface area contributed by atoms with Gasteiger partial charge in [0.15, 0.2) is 23.2 Å². The zero-order chi connectivity index (χ0) is 91.0. The molecule has 0 aliphatic rings. The number of rotatable bonds is 11. The maximum atomic E-state index is 7.62. The molecule has 0 saturated carbocycles. The summed E-state index contributed by atoms with van der Waals surface area (Å²) < 4.78 is 2.25. The van der Waals surface area contributed by atoms with Gasteiger partial charge in [0.1, 0.15) is 0 Å². The first-order valence-corrected chi connectivity index (χ1v) is 48.2. The van der Waals surface area contributed by atoms with Gasteiger partial charge in [-0.05, 0) is 111 Å². The van der Waals surface area contributed by atoms with Gasteiger partial charge in [-0.25, -0.2) is 34.7 Å². The fraction of sp³-hybridized carbons (Fsp3) is 0. The number of hydrogen-bond donors (Lipinski definition) is 0. The van der Waals surface area contributed by atoms with Crippen molar-refractivity contribution in [3.8, 4) is 84.7 Å². The van der Waals surface area contributed by atoms with Crippen LogP contribution in [0.15, 0.2) is 450 Å². The molecule has 137 heavy (non-hydrogen) atoms. The molecule has 0 aliphatic carbocycles. The lowest BCUT2D eigenvalue weighted by atomic mass is 9.91. The summed E-state index contributed by atoms with van der Waals surface area (Å²) in [5, 5.41) is 23.6. The molecule has 0 radical (unpaired) electrons.